The fraction of sp³-hybridized carbons (Fsp3) is 0.143. The molecule has 0 spiro atoms. The second-order valence-electron chi connectivity index (χ2n) is 1.99. The summed E-state index contributed by atoms with van der Waals surface area (Å²) < 4.78 is 10.2. The molecule has 0 aliphatic carbocycles. The smallest absolute Gasteiger partial charge is 0.279 e. The summed E-state index contributed by atoms with van der Waals surface area (Å²) in [4.78, 5) is 0. The lowest BCUT2D eigenvalue weighted by molar-refractivity contribution is 0.601. The Morgan fingerprint density at radius 3 is 2.82 bits per heavy atom. The first-order valence-corrected chi connectivity index (χ1v) is 4.45. The van der Waals surface area contributed by atoms with Gasteiger partial charge in [0.15, 0.2) is 0 Å². The Bertz CT molecular complexity index is 254. The van der Waals surface area contributed by atoms with Crippen molar-refractivity contribution in [2.24, 2.45) is 0 Å². The van der Waals surface area contributed by atoms with Crippen molar-refractivity contribution in [1.29, 1.82) is 0 Å². The Hall–Kier alpha value is -0.590. The van der Waals surface area contributed by atoms with Crippen molar-refractivity contribution in [3.8, 4) is 0 Å². The van der Waals surface area contributed by atoms with Crippen LogP contribution in [0, 0.1) is 0 Å². The monoisotopic (exact) mass is 187 g/mol. The van der Waals surface area contributed by atoms with Gasteiger partial charge in [-0.3, -0.25) is 0 Å². The predicted molar refractivity (Wildman–Crippen MR) is 47.2 cm³/mol. The number of para-hydroxylation sites is 1. The molecule has 0 saturated carbocycles. The van der Waals surface area contributed by atoms with Gasteiger partial charge >= 0.3 is 0 Å². The lowest BCUT2D eigenvalue weighted by Crippen LogP contribution is -1.86. The van der Waals surface area contributed by atoms with Crippen molar-refractivity contribution in [1.82, 2.24) is 0 Å². The number of hydrogen-bond acceptors (Lipinski definition) is 1. The summed E-state index contributed by atoms with van der Waals surface area (Å²) in [6.07, 6.45) is 0. The molecule has 1 rings (SSSR count). The topological polar surface area (TPSA) is 29.1 Å². The van der Waals surface area contributed by atoms with Gasteiger partial charge in [-0.25, -0.2) is 4.57 Å². The minimum absolute atomic E-state index is 0.0992. The maximum atomic E-state index is 10.2. The quantitative estimate of drug-likeness (QED) is 0.582. The van der Waals surface area contributed by atoms with E-state index < -0.39 is 0 Å². The highest BCUT2D eigenvalue weighted by molar-refractivity contribution is 7.25. The highest BCUT2D eigenvalue weighted by Crippen LogP contribution is 2.18. The fourth-order valence-corrected chi connectivity index (χ4v) is 1.34. The lowest BCUT2D eigenvalue weighted by atomic mass is 10.2. The lowest BCUT2D eigenvalue weighted by Gasteiger charge is -2.02. The predicted octanol–water partition coefficient (Wildman–Crippen LogP) is 3.04. The average molecular weight is 188 g/mol. The molecule has 0 aliphatic heterocycles. The van der Waals surface area contributed by atoms with E-state index in [1.807, 2.05) is 24.3 Å². The summed E-state index contributed by atoms with van der Waals surface area (Å²) in [6.45, 7) is 0. The molecule has 0 aromatic heterocycles. The van der Waals surface area contributed by atoms with Crippen LogP contribution >= 0.6 is 20.2 Å². The van der Waals surface area contributed by atoms with Crippen LogP contribution in [-0.2, 0) is 10.4 Å². The molecule has 58 valence electrons. The molecule has 0 unspecified atom stereocenters. The van der Waals surface area contributed by atoms with E-state index in [-0.39, 0.29) is 8.61 Å². The fourth-order valence-electron chi connectivity index (χ4n) is 0.795. The molecule has 1 aromatic rings. The van der Waals surface area contributed by atoms with Crippen LogP contribution in [0.4, 0.5) is 5.69 Å². The minimum Gasteiger partial charge on any atom is -0.305 e. The van der Waals surface area contributed by atoms with Crippen molar-refractivity contribution < 1.29 is 4.57 Å². The number of rotatable bonds is 3. The number of nitrogens with one attached hydrogen (secondary N) is 1. The molecule has 0 aliphatic rings. The van der Waals surface area contributed by atoms with Gasteiger partial charge < -0.3 is 5.09 Å². The third-order valence-corrected chi connectivity index (χ3v) is 1.95. The average Bonchev–Trinajstić information content (AvgIpc) is 2.06. The van der Waals surface area contributed by atoms with Crippen LogP contribution in [0.5, 0.6) is 0 Å². The van der Waals surface area contributed by atoms with Crippen LogP contribution in [0.1, 0.15) is 5.56 Å². The van der Waals surface area contributed by atoms with Crippen LogP contribution in [0.2, 0.25) is 0 Å². The van der Waals surface area contributed by atoms with Crippen LogP contribution in [0.3, 0.4) is 0 Å². The Morgan fingerprint density at radius 2 is 2.18 bits per heavy atom. The first-order chi connectivity index (χ1) is 5.38. The largest absolute Gasteiger partial charge is 0.305 e. The molecule has 0 heterocycles. The van der Waals surface area contributed by atoms with Crippen LogP contribution in [0.15, 0.2) is 24.3 Å². The van der Waals surface area contributed by atoms with Crippen LogP contribution in [-0.4, -0.2) is 0 Å². The number of halogens is 1. The zero-order chi connectivity index (χ0) is 8.10. The summed E-state index contributed by atoms with van der Waals surface area (Å²) in [5, 5.41) is 2.66. The van der Waals surface area contributed by atoms with E-state index in [1.54, 1.807) is 0 Å². The molecule has 1 N–H and O–H groups in total. The molecule has 0 bridgehead atoms. The molecule has 0 atom stereocenters. The summed E-state index contributed by atoms with van der Waals surface area (Å²) >= 11 is 5.62. The highest BCUT2D eigenvalue weighted by atomic mass is 35.5. The Kier molecular flexibility index (Phi) is 3.34. The second kappa shape index (κ2) is 4.32. The van der Waals surface area contributed by atoms with Crippen molar-refractivity contribution in [3.63, 3.8) is 0 Å². The number of alkyl halides is 1. The van der Waals surface area contributed by atoms with Crippen molar-refractivity contribution in [3.05, 3.63) is 29.8 Å². The van der Waals surface area contributed by atoms with Crippen molar-refractivity contribution >= 4 is 25.9 Å². The van der Waals surface area contributed by atoms with E-state index in [2.05, 4.69) is 5.09 Å². The zero-order valence-electron chi connectivity index (χ0n) is 5.75. The maximum absolute atomic E-state index is 10.2. The molecular formula is C7H7ClNOP. The zero-order valence-corrected chi connectivity index (χ0v) is 7.40. The Morgan fingerprint density at radius 1 is 1.45 bits per heavy atom. The van der Waals surface area contributed by atoms with Gasteiger partial charge in [0.25, 0.3) is 8.61 Å². The van der Waals surface area contributed by atoms with Gasteiger partial charge in [-0.15, -0.1) is 11.6 Å². The Balaban J connectivity index is 2.92. The molecular weight excluding hydrogens is 181 g/mol. The van der Waals surface area contributed by atoms with Gasteiger partial charge in [0.1, 0.15) is 0 Å². The van der Waals surface area contributed by atoms with Gasteiger partial charge in [-0.05, 0) is 11.6 Å². The van der Waals surface area contributed by atoms with E-state index in [0.29, 0.717) is 5.88 Å². The molecule has 4 heteroatoms. The molecule has 2 nitrogen and oxygen atoms in total. The molecule has 0 radical (unpaired) electrons. The van der Waals surface area contributed by atoms with Crippen LogP contribution < -0.4 is 5.09 Å². The first-order valence-electron chi connectivity index (χ1n) is 3.10. The first kappa shape index (κ1) is 8.51. The molecule has 0 amide bonds. The van der Waals surface area contributed by atoms with E-state index in [1.165, 1.54) is 0 Å². The third-order valence-electron chi connectivity index (χ3n) is 1.33. The Labute approximate surface area is 71.8 Å². The second-order valence-corrected chi connectivity index (χ2v) is 2.67. The van der Waals surface area contributed by atoms with Crippen LogP contribution in [0.25, 0.3) is 0 Å². The minimum atomic E-state index is -0.0992. The van der Waals surface area contributed by atoms with E-state index >= 15 is 0 Å². The van der Waals surface area contributed by atoms with E-state index in [9.17, 15) is 4.57 Å². The number of anilines is 1. The third kappa shape index (κ3) is 2.18. The highest BCUT2D eigenvalue weighted by Gasteiger charge is 1.97. The van der Waals surface area contributed by atoms with Crippen molar-refractivity contribution in [2.75, 3.05) is 5.09 Å². The van der Waals surface area contributed by atoms with Gasteiger partial charge in [0, 0.05) is 11.6 Å². The molecule has 11 heavy (non-hydrogen) atoms. The summed E-state index contributed by atoms with van der Waals surface area (Å²) in [6, 6.07) is 7.48. The SMILES string of the molecule is O=PNc1ccccc1CCl. The molecule has 1 aromatic carbocycles. The van der Waals surface area contributed by atoms with Gasteiger partial charge in [-0.2, -0.15) is 0 Å². The molecule has 0 saturated heterocycles. The van der Waals surface area contributed by atoms with E-state index in [0.717, 1.165) is 11.3 Å². The standard InChI is InChI=1S/C7H7ClNOP/c8-5-6-3-1-2-4-7(6)9-11-10/h1-4H,5H2,(H,9,10). The van der Waals surface area contributed by atoms with Gasteiger partial charge in [0.05, 0.1) is 0 Å². The number of benzene rings is 1. The molecule has 0 fully saturated rings. The van der Waals surface area contributed by atoms with Crippen molar-refractivity contribution in [2.45, 2.75) is 5.88 Å². The van der Waals surface area contributed by atoms with E-state index in [4.69, 9.17) is 11.6 Å². The normalized spacial score (nSPS) is 9.91. The summed E-state index contributed by atoms with van der Waals surface area (Å²) in [7, 11) is -0.0992. The number of hydrogen-bond donors (Lipinski definition) is 1. The van der Waals surface area contributed by atoms with Gasteiger partial charge in [-0.1, -0.05) is 18.2 Å². The maximum Gasteiger partial charge on any atom is 0.279 e. The summed E-state index contributed by atoms with van der Waals surface area (Å²) in [5.41, 5.74) is 1.77. The summed E-state index contributed by atoms with van der Waals surface area (Å²) in [5.74, 6) is 0.429. The van der Waals surface area contributed by atoms with Gasteiger partial charge in [0.2, 0.25) is 0 Å².